The van der Waals surface area contributed by atoms with Gasteiger partial charge >= 0.3 is 0 Å². The van der Waals surface area contributed by atoms with Gasteiger partial charge in [-0.25, -0.2) is 5.43 Å². The van der Waals surface area contributed by atoms with Gasteiger partial charge in [-0.1, -0.05) is 18.2 Å². The van der Waals surface area contributed by atoms with Gasteiger partial charge < -0.3 is 5.32 Å². The summed E-state index contributed by atoms with van der Waals surface area (Å²) in [5.74, 6) is -0.401. The molecular formula is C12H15N3O2. The molecule has 0 unspecified atom stereocenters. The fraction of sp³-hybridized carbons (Fsp3) is 0.250. The van der Waals surface area contributed by atoms with E-state index in [0.29, 0.717) is 17.8 Å². The van der Waals surface area contributed by atoms with Gasteiger partial charge in [0.25, 0.3) is 5.91 Å². The third-order valence-corrected chi connectivity index (χ3v) is 1.98. The predicted molar refractivity (Wildman–Crippen MR) is 65.7 cm³/mol. The number of nitrogens with zero attached hydrogens (tertiary/aromatic N) is 1. The number of hydrogen-bond donors (Lipinski definition) is 2. The van der Waals surface area contributed by atoms with E-state index in [2.05, 4.69) is 15.8 Å². The van der Waals surface area contributed by atoms with Crippen LogP contribution in [0.15, 0.2) is 35.4 Å². The van der Waals surface area contributed by atoms with Gasteiger partial charge in [0.05, 0.1) is 12.3 Å². The second-order valence-corrected chi connectivity index (χ2v) is 3.56. The summed E-state index contributed by atoms with van der Waals surface area (Å²) in [6.45, 7) is 3.47. The van der Waals surface area contributed by atoms with E-state index in [1.807, 2.05) is 6.07 Å². The van der Waals surface area contributed by atoms with Crippen molar-refractivity contribution < 1.29 is 9.59 Å². The van der Waals surface area contributed by atoms with E-state index in [9.17, 15) is 9.59 Å². The standard InChI is InChI=1S/C12H15N3O2/c1-9(8-13-10(2)16)14-15-12(17)11-6-4-3-5-7-11/h3-7H,8H2,1-2H3,(H,13,16)(H,15,17). The summed E-state index contributed by atoms with van der Waals surface area (Å²) in [7, 11) is 0. The van der Waals surface area contributed by atoms with Crippen molar-refractivity contribution in [3.63, 3.8) is 0 Å². The summed E-state index contributed by atoms with van der Waals surface area (Å²) in [4.78, 5) is 22.2. The highest BCUT2D eigenvalue weighted by Crippen LogP contribution is 1.97. The zero-order valence-electron chi connectivity index (χ0n) is 9.86. The van der Waals surface area contributed by atoms with Crippen LogP contribution in [0.1, 0.15) is 24.2 Å². The summed E-state index contributed by atoms with van der Waals surface area (Å²) in [5.41, 5.74) is 3.59. The second-order valence-electron chi connectivity index (χ2n) is 3.56. The van der Waals surface area contributed by atoms with E-state index < -0.39 is 0 Å². The lowest BCUT2D eigenvalue weighted by Gasteiger charge is -2.03. The first kappa shape index (κ1) is 12.9. The molecule has 0 radical (unpaired) electrons. The highest BCUT2D eigenvalue weighted by atomic mass is 16.2. The lowest BCUT2D eigenvalue weighted by atomic mass is 10.2. The molecule has 2 N–H and O–H groups in total. The Morgan fingerprint density at radius 2 is 1.82 bits per heavy atom. The maximum absolute atomic E-state index is 11.6. The molecule has 17 heavy (non-hydrogen) atoms. The van der Waals surface area contributed by atoms with Crippen LogP contribution in [0.2, 0.25) is 0 Å². The van der Waals surface area contributed by atoms with Gasteiger partial charge in [0.1, 0.15) is 0 Å². The minimum atomic E-state index is -0.271. The molecule has 0 heterocycles. The Kier molecular flexibility index (Phi) is 4.87. The second kappa shape index (κ2) is 6.42. The average molecular weight is 233 g/mol. The van der Waals surface area contributed by atoms with Crippen LogP contribution < -0.4 is 10.7 Å². The smallest absolute Gasteiger partial charge is 0.271 e. The zero-order chi connectivity index (χ0) is 12.7. The fourth-order valence-corrected chi connectivity index (χ4v) is 1.09. The molecule has 0 aliphatic rings. The number of benzene rings is 1. The molecule has 0 saturated heterocycles. The normalized spacial score (nSPS) is 10.8. The number of hydrazone groups is 1. The highest BCUT2D eigenvalue weighted by molar-refractivity contribution is 5.95. The van der Waals surface area contributed by atoms with Crippen LogP contribution in [0, 0.1) is 0 Å². The Labute approximate surface area is 99.9 Å². The molecule has 0 bridgehead atoms. The summed E-state index contributed by atoms with van der Waals surface area (Å²) < 4.78 is 0. The Morgan fingerprint density at radius 1 is 1.18 bits per heavy atom. The van der Waals surface area contributed by atoms with E-state index in [1.165, 1.54) is 6.92 Å². The van der Waals surface area contributed by atoms with Crippen molar-refractivity contribution in [2.75, 3.05) is 6.54 Å². The van der Waals surface area contributed by atoms with Crippen LogP contribution in [-0.4, -0.2) is 24.1 Å². The van der Waals surface area contributed by atoms with Crippen molar-refractivity contribution >= 4 is 17.5 Å². The topological polar surface area (TPSA) is 70.6 Å². The van der Waals surface area contributed by atoms with Crippen LogP contribution in [0.3, 0.4) is 0 Å². The van der Waals surface area contributed by atoms with Gasteiger partial charge in [-0.05, 0) is 19.1 Å². The lowest BCUT2D eigenvalue weighted by Crippen LogP contribution is -2.28. The molecular weight excluding hydrogens is 218 g/mol. The SMILES string of the molecule is CC(=O)NCC(C)=NNC(=O)c1ccccc1. The van der Waals surface area contributed by atoms with Crippen molar-refractivity contribution in [3.05, 3.63) is 35.9 Å². The van der Waals surface area contributed by atoms with E-state index in [-0.39, 0.29) is 11.8 Å². The third-order valence-electron chi connectivity index (χ3n) is 1.98. The van der Waals surface area contributed by atoms with Crippen molar-refractivity contribution in [1.82, 2.24) is 10.7 Å². The first-order valence-corrected chi connectivity index (χ1v) is 5.22. The van der Waals surface area contributed by atoms with Crippen molar-refractivity contribution in [2.24, 2.45) is 5.10 Å². The largest absolute Gasteiger partial charge is 0.351 e. The Hall–Kier alpha value is -2.17. The minimum Gasteiger partial charge on any atom is -0.351 e. The molecule has 0 saturated carbocycles. The number of hydrogen-bond acceptors (Lipinski definition) is 3. The number of amides is 2. The summed E-state index contributed by atoms with van der Waals surface area (Å²) >= 11 is 0. The Morgan fingerprint density at radius 3 is 2.41 bits per heavy atom. The molecule has 2 amide bonds. The number of carbonyl (C=O) groups excluding carboxylic acids is 2. The highest BCUT2D eigenvalue weighted by Gasteiger charge is 2.02. The van der Waals surface area contributed by atoms with Gasteiger partial charge in [0, 0.05) is 12.5 Å². The van der Waals surface area contributed by atoms with Crippen LogP contribution in [0.4, 0.5) is 0 Å². The molecule has 0 aliphatic carbocycles. The van der Waals surface area contributed by atoms with Crippen LogP contribution in [-0.2, 0) is 4.79 Å². The van der Waals surface area contributed by atoms with Crippen molar-refractivity contribution in [3.8, 4) is 0 Å². The molecule has 1 rings (SSSR count). The summed E-state index contributed by atoms with van der Waals surface area (Å²) in [5, 5.41) is 6.46. The zero-order valence-corrected chi connectivity index (χ0v) is 9.86. The molecule has 0 fully saturated rings. The quantitative estimate of drug-likeness (QED) is 0.600. The van der Waals surface area contributed by atoms with E-state index >= 15 is 0 Å². The molecule has 0 atom stereocenters. The summed E-state index contributed by atoms with van der Waals surface area (Å²) in [6.07, 6.45) is 0. The van der Waals surface area contributed by atoms with Crippen molar-refractivity contribution in [2.45, 2.75) is 13.8 Å². The molecule has 0 aromatic heterocycles. The van der Waals surface area contributed by atoms with Gasteiger partial charge in [-0.2, -0.15) is 5.10 Å². The van der Waals surface area contributed by atoms with Gasteiger partial charge in [0.15, 0.2) is 0 Å². The van der Waals surface area contributed by atoms with Crippen LogP contribution in [0.25, 0.3) is 0 Å². The number of nitrogens with one attached hydrogen (secondary N) is 2. The van der Waals surface area contributed by atoms with E-state index in [4.69, 9.17) is 0 Å². The van der Waals surface area contributed by atoms with Crippen molar-refractivity contribution in [1.29, 1.82) is 0 Å². The summed E-state index contributed by atoms with van der Waals surface area (Å²) in [6, 6.07) is 8.80. The number of rotatable bonds is 4. The molecule has 90 valence electrons. The van der Waals surface area contributed by atoms with Gasteiger partial charge in [0.2, 0.25) is 5.91 Å². The maximum atomic E-state index is 11.6. The fourth-order valence-electron chi connectivity index (χ4n) is 1.09. The van der Waals surface area contributed by atoms with E-state index in [0.717, 1.165) is 0 Å². The van der Waals surface area contributed by atoms with Gasteiger partial charge in [-0.3, -0.25) is 9.59 Å². The maximum Gasteiger partial charge on any atom is 0.271 e. The first-order valence-electron chi connectivity index (χ1n) is 5.22. The molecule has 5 nitrogen and oxygen atoms in total. The predicted octanol–water partition coefficient (Wildman–Crippen LogP) is 0.928. The van der Waals surface area contributed by atoms with E-state index in [1.54, 1.807) is 31.2 Å². The minimum absolute atomic E-state index is 0.131. The Balaban J connectivity index is 2.47. The molecule has 0 spiro atoms. The molecule has 1 aromatic rings. The average Bonchev–Trinajstić information content (AvgIpc) is 2.34. The lowest BCUT2D eigenvalue weighted by molar-refractivity contribution is -0.118. The molecule has 0 aliphatic heterocycles. The Bertz CT molecular complexity index is 427. The molecule has 5 heteroatoms. The van der Waals surface area contributed by atoms with Crippen LogP contribution in [0.5, 0.6) is 0 Å². The molecule has 1 aromatic carbocycles. The monoisotopic (exact) mass is 233 g/mol. The van der Waals surface area contributed by atoms with Crippen LogP contribution >= 0.6 is 0 Å². The van der Waals surface area contributed by atoms with Gasteiger partial charge in [-0.15, -0.1) is 0 Å². The third kappa shape index (κ3) is 4.92. The number of carbonyl (C=O) groups is 2. The first-order chi connectivity index (χ1) is 8.09.